The molecule has 150 valence electrons. The molecule has 2 saturated carbocycles. The fourth-order valence-electron chi connectivity index (χ4n) is 2.99. The SMILES string of the molecule is COC[C@@H]1CCO[C@H]([C]2[CH][CH][CH][C]2[Si](C)(C)C(C)(C)C)O1.[CH]1[CH][CH][CH][CH]1.[Fe+2]. The van der Waals surface area contributed by atoms with Crippen molar-refractivity contribution >= 4 is 8.07 Å². The van der Waals surface area contributed by atoms with Crippen LogP contribution in [-0.4, -0.2) is 40.8 Å². The van der Waals surface area contributed by atoms with Gasteiger partial charge in [-0.15, -0.1) is 0 Å². The predicted molar refractivity (Wildman–Crippen MR) is 109 cm³/mol. The van der Waals surface area contributed by atoms with Gasteiger partial charge in [-0.25, -0.2) is 0 Å². The second-order valence-electron chi connectivity index (χ2n) is 8.44. The second kappa shape index (κ2) is 11.7. The van der Waals surface area contributed by atoms with Crippen molar-refractivity contribution in [3.63, 3.8) is 0 Å². The quantitative estimate of drug-likeness (QED) is 0.610. The Morgan fingerprint density at radius 3 is 2.15 bits per heavy atom. The first kappa shape index (κ1) is 25.7. The van der Waals surface area contributed by atoms with Crippen LogP contribution in [0, 0.1) is 62.8 Å². The molecular weight excluding hydrogens is 396 g/mol. The van der Waals surface area contributed by atoms with Gasteiger partial charge in [-0.1, -0.05) is 33.9 Å². The molecule has 0 aromatic rings. The minimum atomic E-state index is -1.59. The molecular formula is C22H34FeO3Si+2. The molecule has 0 amide bonds. The zero-order valence-corrected chi connectivity index (χ0v) is 19.6. The van der Waals surface area contributed by atoms with Gasteiger partial charge in [-0.3, -0.25) is 0 Å². The first-order chi connectivity index (χ1) is 12.3. The third-order valence-electron chi connectivity index (χ3n) is 5.59. The molecule has 0 unspecified atom stereocenters. The Labute approximate surface area is 180 Å². The molecule has 10 radical (unpaired) electrons. The summed E-state index contributed by atoms with van der Waals surface area (Å²) in [6.07, 6.45) is 17.4. The largest absolute Gasteiger partial charge is 2.00 e. The summed E-state index contributed by atoms with van der Waals surface area (Å²) in [6.45, 7) is 13.3. The van der Waals surface area contributed by atoms with E-state index in [-0.39, 0.29) is 29.5 Å². The van der Waals surface area contributed by atoms with Crippen molar-refractivity contribution in [3.05, 3.63) is 62.8 Å². The average molecular weight is 430 g/mol. The summed E-state index contributed by atoms with van der Waals surface area (Å²) >= 11 is 0. The van der Waals surface area contributed by atoms with Crippen molar-refractivity contribution in [1.82, 2.24) is 0 Å². The monoisotopic (exact) mass is 430 g/mol. The van der Waals surface area contributed by atoms with Crippen molar-refractivity contribution in [1.29, 1.82) is 0 Å². The van der Waals surface area contributed by atoms with E-state index in [2.05, 4.69) is 53.1 Å². The molecule has 5 heteroatoms. The Morgan fingerprint density at radius 1 is 1.04 bits per heavy atom. The standard InChI is InChI=1S/C17H29O3Si.C5H5.Fe/c1-17(2,3)21(5,6)15-9-7-8-14(15)16-19-11-10-13(20-16)12-18-4;1-2-4-5-3-1;/h7-9,13,16H,10-12H2,1-6H3;1-5H;/q;;+2/t13-,16-;;/m0../s1. The van der Waals surface area contributed by atoms with Crippen molar-refractivity contribution in [2.45, 2.75) is 57.7 Å². The Morgan fingerprint density at radius 2 is 1.63 bits per heavy atom. The van der Waals surface area contributed by atoms with Gasteiger partial charge in [0.15, 0.2) is 6.29 Å². The summed E-state index contributed by atoms with van der Waals surface area (Å²) in [5.41, 5.74) is 1.46. The molecule has 3 nitrogen and oxygen atoms in total. The van der Waals surface area contributed by atoms with Gasteiger partial charge in [0.25, 0.3) is 0 Å². The van der Waals surface area contributed by atoms with Crippen molar-refractivity contribution in [3.8, 4) is 0 Å². The predicted octanol–water partition coefficient (Wildman–Crippen LogP) is 4.61. The normalized spacial score (nSPS) is 27.8. The van der Waals surface area contributed by atoms with E-state index in [1.54, 1.807) is 7.11 Å². The third-order valence-corrected chi connectivity index (χ3v) is 11.1. The molecule has 0 spiro atoms. The third kappa shape index (κ3) is 7.11. The topological polar surface area (TPSA) is 27.7 Å². The molecule has 1 heterocycles. The summed E-state index contributed by atoms with van der Waals surface area (Å²) in [5.74, 6) is 1.22. The maximum atomic E-state index is 6.09. The maximum Gasteiger partial charge on any atom is 2.00 e. The van der Waals surface area contributed by atoms with Crippen molar-refractivity contribution in [2.75, 3.05) is 20.3 Å². The van der Waals surface area contributed by atoms with Crippen LogP contribution < -0.4 is 0 Å². The van der Waals surface area contributed by atoms with Gasteiger partial charge in [0.1, 0.15) is 0 Å². The number of ether oxygens (including phenoxy) is 3. The van der Waals surface area contributed by atoms with Crippen LogP contribution in [0.4, 0.5) is 0 Å². The molecule has 2 aliphatic carbocycles. The molecule has 0 N–H and O–H groups in total. The zero-order chi connectivity index (χ0) is 19.2. The molecule has 1 aliphatic heterocycles. The first-order valence-corrected chi connectivity index (χ1v) is 12.5. The molecule has 3 rings (SSSR count). The molecule has 0 aromatic carbocycles. The first-order valence-electron chi connectivity index (χ1n) is 9.46. The molecule has 3 aliphatic rings. The molecule has 27 heavy (non-hydrogen) atoms. The van der Waals surface area contributed by atoms with Crippen LogP contribution in [0.1, 0.15) is 27.2 Å². The Hall–Kier alpha value is 0.616. The summed E-state index contributed by atoms with van der Waals surface area (Å²) in [4.78, 5) is 0. The van der Waals surface area contributed by atoms with Crippen LogP contribution in [0.15, 0.2) is 0 Å². The minimum absolute atomic E-state index is 0. The van der Waals surface area contributed by atoms with E-state index in [1.165, 1.54) is 11.5 Å². The number of methoxy groups -OCH3 is 1. The number of rotatable bonds is 4. The van der Waals surface area contributed by atoms with Crippen LogP contribution >= 0.6 is 0 Å². The minimum Gasteiger partial charge on any atom is -0.382 e. The fourth-order valence-corrected chi connectivity index (χ4v) is 5.24. The summed E-state index contributed by atoms with van der Waals surface area (Å²) in [5, 5.41) is 0.302. The van der Waals surface area contributed by atoms with E-state index >= 15 is 0 Å². The summed E-state index contributed by atoms with van der Waals surface area (Å²) in [7, 11) is 0.131. The Kier molecular flexibility index (Phi) is 11.1. The van der Waals surface area contributed by atoms with Crippen LogP contribution in [-0.2, 0) is 31.3 Å². The van der Waals surface area contributed by atoms with E-state index in [4.69, 9.17) is 14.2 Å². The number of hydrogen-bond donors (Lipinski definition) is 0. The molecule has 2 atom stereocenters. The van der Waals surface area contributed by atoms with E-state index in [9.17, 15) is 0 Å². The van der Waals surface area contributed by atoms with Gasteiger partial charge in [0.05, 0.1) is 27.4 Å². The molecule has 1 saturated heterocycles. The second-order valence-corrected chi connectivity index (χ2v) is 13.7. The summed E-state index contributed by atoms with van der Waals surface area (Å²) < 4.78 is 17.2. The van der Waals surface area contributed by atoms with Gasteiger partial charge in [-0.05, 0) is 68.4 Å². The molecule has 0 aromatic heterocycles. The van der Waals surface area contributed by atoms with Gasteiger partial charge >= 0.3 is 17.1 Å². The smallest absolute Gasteiger partial charge is 0.382 e. The van der Waals surface area contributed by atoms with Crippen molar-refractivity contribution < 1.29 is 31.3 Å². The molecule has 3 fully saturated rings. The fraction of sp³-hybridized carbons (Fsp3) is 0.545. The van der Waals surface area contributed by atoms with E-state index in [0.29, 0.717) is 11.6 Å². The van der Waals surface area contributed by atoms with Gasteiger partial charge in [0, 0.05) is 13.0 Å². The molecule has 0 bridgehead atoms. The zero-order valence-electron chi connectivity index (χ0n) is 17.5. The van der Waals surface area contributed by atoms with Gasteiger partial charge in [-0.2, -0.15) is 0 Å². The van der Waals surface area contributed by atoms with E-state index in [1.807, 2.05) is 32.1 Å². The number of hydrogen-bond acceptors (Lipinski definition) is 3. The van der Waals surface area contributed by atoms with Crippen LogP contribution in [0.2, 0.25) is 18.1 Å². The van der Waals surface area contributed by atoms with E-state index < -0.39 is 8.07 Å². The van der Waals surface area contributed by atoms with Gasteiger partial charge < -0.3 is 14.2 Å². The van der Waals surface area contributed by atoms with Crippen molar-refractivity contribution in [2.24, 2.45) is 0 Å². The Bertz CT molecular complexity index is 397. The maximum absolute atomic E-state index is 6.09. The van der Waals surface area contributed by atoms with Crippen LogP contribution in [0.3, 0.4) is 0 Å². The van der Waals surface area contributed by atoms with Crippen LogP contribution in [0.25, 0.3) is 0 Å². The Balaban J connectivity index is 0.000000526. The summed E-state index contributed by atoms with van der Waals surface area (Å²) in [6, 6.07) is 0. The van der Waals surface area contributed by atoms with Gasteiger partial charge in [0.2, 0.25) is 0 Å². The average Bonchev–Trinajstić information content (AvgIpc) is 3.29. The van der Waals surface area contributed by atoms with E-state index in [0.717, 1.165) is 13.0 Å². The van der Waals surface area contributed by atoms with Crippen LogP contribution in [0.5, 0.6) is 0 Å².